The van der Waals surface area contributed by atoms with E-state index >= 15 is 0 Å². The second kappa shape index (κ2) is 4.72. The molecule has 4 nitrogen and oxygen atoms in total. The monoisotopic (exact) mass is 323 g/mol. The summed E-state index contributed by atoms with van der Waals surface area (Å²) in [5.41, 5.74) is 0.543. The molecule has 0 radical (unpaired) electrons. The van der Waals surface area contributed by atoms with Gasteiger partial charge in [-0.1, -0.05) is 34.1 Å². The van der Waals surface area contributed by atoms with Gasteiger partial charge in [0, 0.05) is 22.9 Å². The maximum Gasteiger partial charge on any atom is 0.234 e. The SMILES string of the molecule is O=C1CC2(CCOC2)C(c2ccccc2Br)C(=O)N1. The van der Waals surface area contributed by atoms with Gasteiger partial charge in [0.15, 0.2) is 0 Å². The van der Waals surface area contributed by atoms with E-state index in [1.165, 1.54) is 0 Å². The van der Waals surface area contributed by atoms with E-state index in [0.717, 1.165) is 16.5 Å². The smallest absolute Gasteiger partial charge is 0.234 e. The summed E-state index contributed by atoms with van der Waals surface area (Å²) in [5.74, 6) is -0.740. The van der Waals surface area contributed by atoms with Crippen molar-refractivity contribution in [3.05, 3.63) is 34.3 Å². The van der Waals surface area contributed by atoms with Gasteiger partial charge < -0.3 is 4.74 Å². The summed E-state index contributed by atoms with van der Waals surface area (Å²) in [6.45, 7) is 1.08. The number of rotatable bonds is 1. The average Bonchev–Trinajstić information content (AvgIpc) is 2.79. The molecule has 3 rings (SSSR count). The van der Waals surface area contributed by atoms with Gasteiger partial charge in [0.05, 0.1) is 12.5 Å². The van der Waals surface area contributed by atoms with Crippen LogP contribution in [0.1, 0.15) is 24.3 Å². The third kappa shape index (κ3) is 2.11. The van der Waals surface area contributed by atoms with Crippen molar-refractivity contribution >= 4 is 27.7 Å². The first-order valence-corrected chi connectivity index (χ1v) is 7.08. The van der Waals surface area contributed by atoms with Crippen LogP contribution in [0.3, 0.4) is 0 Å². The summed E-state index contributed by atoms with van der Waals surface area (Å²) in [5, 5.41) is 2.45. The van der Waals surface area contributed by atoms with Crippen LogP contribution in [-0.2, 0) is 14.3 Å². The molecule has 2 atom stereocenters. The number of halogens is 1. The number of piperidine rings is 1. The molecule has 5 heteroatoms. The molecular weight excluding hydrogens is 310 g/mol. The number of carbonyl (C=O) groups excluding carboxylic acids is 2. The Morgan fingerprint density at radius 3 is 2.79 bits per heavy atom. The Hall–Kier alpha value is -1.20. The summed E-state index contributed by atoms with van der Waals surface area (Å²) >= 11 is 3.50. The van der Waals surface area contributed by atoms with Gasteiger partial charge in [0.1, 0.15) is 0 Å². The first-order valence-electron chi connectivity index (χ1n) is 6.28. The summed E-state index contributed by atoms with van der Waals surface area (Å²) in [7, 11) is 0. The lowest BCUT2D eigenvalue weighted by atomic mass is 9.67. The molecule has 2 heterocycles. The van der Waals surface area contributed by atoms with Gasteiger partial charge in [-0.25, -0.2) is 0 Å². The molecule has 2 unspecified atom stereocenters. The van der Waals surface area contributed by atoms with Crippen LogP contribution in [0, 0.1) is 5.41 Å². The van der Waals surface area contributed by atoms with Gasteiger partial charge in [0.2, 0.25) is 11.8 Å². The molecule has 2 aliphatic heterocycles. The van der Waals surface area contributed by atoms with Crippen LogP contribution in [0.5, 0.6) is 0 Å². The van der Waals surface area contributed by atoms with Crippen molar-refractivity contribution in [1.82, 2.24) is 5.32 Å². The third-order valence-corrected chi connectivity index (χ3v) is 4.72. The summed E-state index contributed by atoms with van der Waals surface area (Å²) < 4.78 is 6.38. The van der Waals surface area contributed by atoms with Gasteiger partial charge in [-0.15, -0.1) is 0 Å². The Balaban J connectivity index is 2.08. The Morgan fingerprint density at radius 2 is 2.11 bits per heavy atom. The molecule has 0 saturated carbocycles. The molecule has 1 spiro atoms. The van der Waals surface area contributed by atoms with Crippen LogP contribution in [-0.4, -0.2) is 25.0 Å². The predicted molar refractivity (Wildman–Crippen MR) is 72.5 cm³/mol. The van der Waals surface area contributed by atoms with Crippen molar-refractivity contribution in [2.75, 3.05) is 13.2 Å². The standard InChI is InChI=1S/C14H14BrNO3/c15-10-4-2-1-3-9(10)12-13(18)16-11(17)7-14(12)5-6-19-8-14/h1-4,12H,5-8H2,(H,16,17,18). The maximum absolute atomic E-state index is 12.3. The van der Waals surface area contributed by atoms with E-state index in [1.54, 1.807) is 0 Å². The quantitative estimate of drug-likeness (QED) is 0.804. The van der Waals surface area contributed by atoms with E-state index in [-0.39, 0.29) is 23.1 Å². The van der Waals surface area contributed by atoms with Crippen molar-refractivity contribution in [2.45, 2.75) is 18.8 Å². The van der Waals surface area contributed by atoms with Crippen LogP contribution in [0.2, 0.25) is 0 Å². The van der Waals surface area contributed by atoms with Crippen LogP contribution in [0.25, 0.3) is 0 Å². The minimum Gasteiger partial charge on any atom is -0.381 e. The molecule has 100 valence electrons. The molecule has 19 heavy (non-hydrogen) atoms. The first kappa shape index (κ1) is 12.8. The largest absolute Gasteiger partial charge is 0.381 e. The highest BCUT2D eigenvalue weighted by Gasteiger charge is 2.51. The first-order chi connectivity index (χ1) is 9.12. The number of amides is 2. The molecule has 2 amide bonds. The fraction of sp³-hybridized carbons (Fsp3) is 0.429. The lowest BCUT2D eigenvalue weighted by Gasteiger charge is -2.39. The zero-order valence-electron chi connectivity index (χ0n) is 10.3. The van der Waals surface area contributed by atoms with E-state index in [1.807, 2.05) is 24.3 Å². The van der Waals surface area contributed by atoms with Crippen LogP contribution in [0.4, 0.5) is 0 Å². The number of hydrogen-bond donors (Lipinski definition) is 1. The Morgan fingerprint density at radius 1 is 1.32 bits per heavy atom. The number of hydrogen-bond acceptors (Lipinski definition) is 3. The molecule has 0 aromatic heterocycles. The highest BCUT2D eigenvalue weighted by Crippen LogP contribution is 2.48. The average molecular weight is 324 g/mol. The molecule has 0 aliphatic carbocycles. The zero-order chi connectivity index (χ0) is 13.5. The van der Waals surface area contributed by atoms with E-state index < -0.39 is 0 Å². The van der Waals surface area contributed by atoms with Gasteiger partial charge in [-0.3, -0.25) is 14.9 Å². The molecule has 1 N–H and O–H groups in total. The fourth-order valence-corrected chi connectivity index (χ4v) is 3.64. The highest BCUT2D eigenvalue weighted by atomic mass is 79.9. The fourth-order valence-electron chi connectivity index (χ4n) is 3.12. The topological polar surface area (TPSA) is 55.4 Å². The molecule has 1 aromatic rings. The van der Waals surface area contributed by atoms with Crippen molar-refractivity contribution in [3.8, 4) is 0 Å². The second-order valence-corrected chi connectivity index (χ2v) is 6.06. The van der Waals surface area contributed by atoms with Crippen LogP contribution >= 0.6 is 15.9 Å². The number of imide groups is 1. The van der Waals surface area contributed by atoms with E-state index in [9.17, 15) is 9.59 Å². The van der Waals surface area contributed by atoms with E-state index in [4.69, 9.17) is 4.74 Å². The zero-order valence-corrected chi connectivity index (χ0v) is 11.9. The van der Waals surface area contributed by atoms with Gasteiger partial charge in [-0.05, 0) is 18.1 Å². The highest BCUT2D eigenvalue weighted by molar-refractivity contribution is 9.10. The van der Waals surface area contributed by atoms with Crippen molar-refractivity contribution in [1.29, 1.82) is 0 Å². The molecule has 2 saturated heterocycles. The maximum atomic E-state index is 12.3. The molecule has 0 bridgehead atoms. The lowest BCUT2D eigenvalue weighted by Crippen LogP contribution is -2.51. The number of nitrogens with one attached hydrogen (secondary N) is 1. The van der Waals surface area contributed by atoms with Gasteiger partial charge >= 0.3 is 0 Å². The number of carbonyl (C=O) groups is 2. The molecule has 2 fully saturated rings. The normalized spacial score (nSPS) is 30.7. The van der Waals surface area contributed by atoms with Gasteiger partial charge in [0.25, 0.3) is 0 Å². The molecule has 1 aromatic carbocycles. The summed E-state index contributed by atoms with van der Waals surface area (Å²) in [4.78, 5) is 24.0. The Kier molecular flexibility index (Phi) is 3.19. The summed E-state index contributed by atoms with van der Waals surface area (Å²) in [6, 6.07) is 7.68. The van der Waals surface area contributed by atoms with Gasteiger partial charge in [-0.2, -0.15) is 0 Å². The van der Waals surface area contributed by atoms with Crippen molar-refractivity contribution in [2.24, 2.45) is 5.41 Å². The predicted octanol–water partition coefficient (Wildman–Crippen LogP) is 1.99. The van der Waals surface area contributed by atoms with Crippen molar-refractivity contribution in [3.63, 3.8) is 0 Å². The third-order valence-electron chi connectivity index (χ3n) is 4.00. The van der Waals surface area contributed by atoms with Crippen LogP contribution < -0.4 is 5.32 Å². The minimum atomic E-state index is -0.386. The number of benzene rings is 1. The molecular formula is C14H14BrNO3. The lowest BCUT2D eigenvalue weighted by molar-refractivity contribution is -0.140. The van der Waals surface area contributed by atoms with E-state index in [0.29, 0.717) is 19.6 Å². The Bertz CT molecular complexity index is 537. The van der Waals surface area contributed by atoms with E-state index in [2.05, 4.69) is 21.2 Å². The molecule has 2 aliphatic rings. The van der Waals surface area contributed by atoms with Crippen LogP contribution in [0.15, 0.2) is 28.7 Å². The second-order valence-electron chi connectivity index (χ2n) is 5.21. The number of ether oxygens (including phenoxy) is 1. The Labute approximate surface area is 119 Å². The summed E-state index contributed by atoms with van der Waals surface area (Å²) in [6.07, 6.45) is 1.10. The van der Waals surface area contributed by atoms with Crippen molar-refractivity contribution < 1.29 is 14.3 Å². The minimum absolute atomic E-state index is 0.196.